The van der Waals surface area contributed by atoms with Gasteiger partial charge in [-0.05, 0) is 66.2 Å². The lowest BCUT2D eigenvalue weighted by atomic mass is 10.1. The average Bonchev–Trinajstić information content (AvgIpc) is 3.14. The lowest BCUT2D eigenvalue weighted by Gasteiger charge is -2.13. The van der Waals surface area contributed by atoms with Crippen LogP contribution >= 0.6 is 11.8 Å². The first-order chi connectivity index (χ1) is 18.2. The second kappa shape index (κ2) is 11.1. The minimum atomic E-state index is -0.793. The molecule has 1 fully saturated rings. The smallest absolute Gasteiger partial charge is 0.318 e. The molecule has 194 valence electrons. The molecule has 0 N–H and O–H groups in total. The number of nitro benzene ring substituents is 2. The fraction of sp³-hybridized carbons (Fsp3) is 0.120. The number of benzene rings is 3. The molecule has 0 unspecified atom stereocenters. The topological polar surface area (TPSA) is 142 Å². The Morgan fingerprint density at radius 2 is 1.66 bits per heavy atom. The van der Waals surface area contributed by atoms with Gasteiger partial charge < -0.3 is 9.47 Å². The van der Waals surface area contributed by atoms with Gasteiger partial charge in [0.05, 0.1) is 34.0 Å². The largest absolute Gasteiger partial charge is 0.490 e. The maximum Gasteiger partial charge on any atom is 0.318 e. The van der Waals surface area contributed by atoms with Gasteiger partial charge in [0.15, 0.2) is 11.5 Å². The SMILES string of the molecule is CCOc1cc(/C=C2\SC(=O)N(Cc3ccc(F)cc3)C2=O)ccc1Oc1ccc([N+](=O)[O-])cc1[N+](=O)[O-]. The highest BCUT2D eigenvalue weighted by atomic mass is 32.2. The molecule has 38 heavy (non-hydrogen) atoms. The molecule has 1 saturated heterocycles. The summed E-state index contributed by atoms with van der Waals surface area (Å²) in [4.78, 5) is 47.4. The Morgan fingerprint density at radius 3 is 2.32 bits per heavy atom. The summed E-state index contributed by atoms with van der Waals surface area (Å²) in [5, 5.41) is 22.0. The highest BCUT2D eigenvalue weighted by Crippen LogP contribution is 2.40. The van der Waals surface area contributed by atoms with Crippen LogP contribution in [0.5, 0.6) is 17.2 Å². The number of amides is 2. The van der Waals surface area contributed by atoms with E-state index in [0.29, 0.717) is 11.1 Å². The van der Waals surface area contributed by atoms with Gasteiger partial charge in [-0.25, -0.2) is 4.39 Å². The molecule has 11 nitrogen and oxygen atoms in total. The number of imide groups is 1. The van der Waals surface area contributed by atoms with Gasteiger partial charge in [-0.2, -0.15) is 0 Å². The Balaban J connectivity index is 1.59. The van der Waals surface area contributed by atoms with Crippen molar-refractivity contribution in [1.29, 1.82) is 0 Å². The maximum absolute atomic E-state index is 13.2. The molecule has 0 bridgehead atoms. The molecule has 2 amide bonds. The second-order valence-corrected chi connectivity index (χ2v) is 8.80. The molecular formula is C25H18FN3O8S. The van der Waals surface area contributed by atoms with Gasteiger partial charge >= 0.3 is 5.69 Å². The van der Waals surface area contributed by atoms with Gasteiger partial charge in [-0.1, -0.05) is 18.2 Å². The summed E-state index contributed by atoms with van der Waals surface area (Å²) in [5.41, 5.74) is 0.0278. The van der Waals surface area contributed by atoms with Gasteiger partial charge in [0, 0.05) is 6.07 Å². The summed E-state index contributed by atoms with van der Waals surface area (Å²) in [6, 6.07) is 13.0. The summed E-state index contributed by atoms with van der Waals surface area (Å²) in [6.07, 6.45) is 1.50. The third-order valence-corrected chi connectivity index (χ3v) is 6.17. The van der Waals surface area contributed by atoms with Gasteiger partial charge in [0.2, 0.25) is 5.75 Å². The predicted octanol–water partition coefficient (Wildman–Crippen LogP) is 6.07. The number of ether oxygens (including phenoxy) is 2. The number of nitro groups is 2. The highest BCUT2D eigenvalue weighted by Gasteiger charge is 2.35. The molecule has 13 heteroatoms. The van der Waals surface area contributed by atoms with Crippen LogP contribution in [0.25, 0.3) is 6.08 Å². The molecule has 3 aromatic carbocycles. The molecule has 0 atom stereocenters. The summed E-state index contributed by atoms with van der Waals surface area (Å²) >= 11 is 0.756. The molecule has 0 aliphatic carbocycles. The van der Waals surface area contributed by atoms with Crippen LogP contribution in [0, 0.1) is 26.0 Å². The lowest BCUT2D eigenvalue weighted by molar-refractivity contribution is -0.394. The molecular weight excluding hydrogens is 521 g/mol. The van der Waals surface area contributed by atoms with Crippen molar-refractivity contribution in [3.05, 3.63) is 103 Å². The first-order valence-electron chi connectivity index (χ1n) is 11.0. The number of carbonyl (C=O) groups excluding carboxylic acids is 2. The minimum absolute atomic E-state index is 0.00667. The van der Waals surface area contributed by atoms with Crippen LogP contribution in [0.4, 0.5) is 20.6 Å². The van der Waals surface area contributed by atoms with E-state index in [0.717, 1.165) is 34.9 Å². The Morgan fingerprint density at radius 1 is 0.947 bits per heavy atom. The van der Waals surface area contributed by atoms with Crippen LogP contribution in [-0.4, -0.2) is 32.5 Å². The maximum atomic E-state index is 13.2. The molecule has 1 aliphatic rings. The van der Waals surface area contributed by atoms with E-state index in [1.807, 2.05) is 0 Å². The zero-order valence-corrected chi connectivity index (χ0v) is 20.5. The van der Waals surface area contributed by atoms with E-state index in [9.17, 15) is 34.2 Å². The predicted molar refractivity (Wildman–Crippen MR) is 135 cm³/mol. The van der Waals surface area contributed by atoms with Crippen molar-refractivity contribution in [3.63, 3.8) is 0 Å². The van der Waals surface area contributed by atoms with E-state index in [1.165, 1.54) is 42.5 Å². The molecule has 0 saturated carbocycles. The van der Waals surface area contributed by atoms with E-state index in [4.69, 9.17) is 9.47 Å². The number of halogens is 1. The number of carbonyl (C=O) groups is 2. The van der Waals surface area contributed by atoms with Crippen LogP contribution < -0.4 is 9.47 Å². The fourth-order valence-electron chi connectivity index (χ4n) is 3.49. The Labute approximate surface area is 218 Å². The molecule has 0 aromatic heterocycles. The normalized spacial score (nSPS) is 14.2. The number of nitrogens with zero attached hydrogens (tertiary/aromatic N) is 3. The molecule has 0 radical (unpaired) electrons. The van der Waals surface area contributed by atoms with Crippen molar-refractivity contribution in [2.24, 2.45) is 0 Å². The van der Waals surface area contributed by atoms with Gasteiger partial charge in [-0.3, -0.25) is 34.7 Å². The second-order valence-electron chi connectivity index (χ2n) is 7.80. The van der Waals surface area contributed by atoms with Crippen LogP contribution in [0.3, 0.4) is 0 Å². The summed E-state index contributed by atoms with van der Waals surface area (Å²) < 4.78 is 24.4. The number of thioether (sulfide) groups is 1. The van der Waals surface area contributed by atoms with Gasteiger partial charge in [-0.15, -0.1) is 0 Å². The molecule has 4 rings (SSSR count). The van der Waals surface area contributed by atoms with E-state index in [1.54, 1.807) is 13.0 Å². The zero-order chi connectivity index (χ0) is 27.4. The first kappa shape index (κ1) is 26.3. The Bertz CT molecular complexity index is 1480. The minimum Gasteiger partial charge on any atom is -0.490 e. The van der Waals surface area contributed by atoms with Gasteiger partial charge in [0.25, 0.3) is 16.8 Å². The van der Waals surface area contributed by atoms with E-state index < -0.39 is 38.2 Å². The van der Waals surface area contributed by atoms with Crippen LogP contribution in [-0.2, 0) is 11.3 Å². The quantitative estimate of drug-likeness (QED) is 0.180. The van der Waals surface area contributed by atoms with Gasteiger partial charge in [0.1, 0.15) is 5.82 Å². The number of hydrogen-bond acceptors (Lipinski definition) is 9. The third-order valence-electron chi connectivity index (χ3n) is 5.26. The molecule has 0 spiro atoms. The van der Waals surface area contributed by atoms with Crippen LogP contribution in [0.2, 0.25) is 0 Å². The van der Waals surface area contributed by atoms with Crippen molar-refractivity contribution in [2.45, 2.75) is 13.5 Å². The van der Waals surface area contributed by atoms with Crippen LogP contribution in [0.15, 0.2) is 65.6 Å². The molecule has 1 aliphatic heterocycles. The summed E-state index contributed by atoms with van der Waals surface area (Å²) in [5.74, 6) is -0.867. The van der Waals surface area contributed by atoms with E-state index in [2.05, 4.69) is 0 Å². The summed E-state index contributed by atoms with van der Waals surface area (Å²) in [6.45, 7) is 1.93. The Kier molecular flexibility index (Phi) is 7.67. The van der Waals surface area contributed by atoms with Crippen molar-refractivity contribution in [1.82, 2.24) is 4.90 Å². The standard InChI is InChI=1S/C25H18FN3O8S/c1-2-36-22-11-16(5-9-21(22)37-20-10-8-18(28(32)33)13-19(20)29(34)35)12-23-24(30)27(25(31)38-23)14-15-3-6-17(26)7-4-15/h3-13H,2,14H2,1H3/b23-12-. The van der Waals surface area contributed by atoms with Crippen molar-refractivity contribution in [2.75, 3.05) is 6.61 Å². The average molecular weight is 539 g/mol. The molecule has 1 heterocycles. The van der Waals surface area contributed by atoms with Crippen molar-refractivity contribution < 1.29 is 33.3 Å². The van der Waals surface area contributed by atoms with Crippen molar-refractivity contribution >= 4 is 40.4 Å². The number of rotatable bonds is 9. The lowest BCUT2D eigenvalue weighted by Crippen LogP contribution is -2.27. The summed E-state index contributed by atoms with van der Waals surface area (Å²) in [7, 11) is 0. The highest BCUT2D eigenvalue weighted by molar-refractivity contribution is 8.18. The van der Waals surface area contributed by atoms with Crippen LogP contribution in [0.1, 0.15) is 18.1 Å². The first-order valence-corrected chi connectivity index (χ1v) is 11.8. The number of non-ortho nitro benzene ring substituents is 1. The zero-order valence-electron chi connectivity index (χ0n) is 19.7. The fourth-order valence-corrected chi connectivity index (χ4v) is 4.33. The van der Waals surface area contributed by atoms with E-state index in [-0.39, 0.29) is 35.3 Å². The monoisotopic (exact) mass is 539 g/mol. The number of hydrogen-bond donors (Lipinski definition) is 0. The third kappa shape index (κ3) is 5.78. The van der Waals surface area contributed by atoms with Crippen molar-refractivity contribution in [3.8, 4) is 17.2 Å². The molecule has 3 aromatic rings. The Hall–Kier alpha value is -4.78. The van der Waals surface area contributed by atoms with E-state index >= 15 is 0 Å².